The summed E-state index contributed by atoms with van der Waals surface area (Å²) < 4.78 is 2.38. The van der Waals surface area contributed by atoms with Crippen LogP contribution in [-0.2, 0) is 0 Å². The van der Waals surface area contributed by atoms with E-state index in [2.05, 4.69) is 21.0 Å². The van der Waals surface area contributed by atoms with E-state index in [1.807, 2.05) is 25.1 Å². The highest BCUT2D eigenvalue weighted by molar-refractivity contribution is 9.10. The van der Waals surface area contributed by atoms with Crippen LogP contribution in [0, 0.1) is 6.92 Å². The van der Waals surface area contributed by atoms with Crippen LogP contribution < -0.4 is 5.73 Å². The van der Waals surface area contributed by atoms with Crippen LogP contribution in [0.5, 0.6) is 0 Å². The molecule has 0 spiro atoms. The first-order chi connectivity index (χ1) is 7.99. The van der Waals surface area contributed by atoms with Crippen LogP contribution in [0.4, 0.5) is 5.82 Å². The molecule has 6 heteroatoms. The molecule has 0 saturated carbocycles. The molecule has 2 rings (SSSR count). The third-order valence-corrected chi connectivity index (χ3v) is 3.23. The van der Waals surface area contributed by atoms with E-state index in [0.29, 0.717) is 5.82 Å². The number of anilines is 1. The van der Waals surface area contributed by atoms with Gasteiger partial charge in [-0.15, -0.1) is 0 Å². The second kappa shape index (κ2) is 4.21. The molecule has 88 valence electrons. The Bertz CT molecular complexity index is 592. The summed E-state index contributed by atoms with van der Waals surface area (Å²) in [5, 5.41) is 12.8. The number of carboxylic acids is 1. The lowest BCUT2D eigenvalue weighted by Crippen LogP contribution is -2.03. The molecular formula is C11H10BrN3O2. The minimum atomic E-state index is -1.09. The number of benzene rings is 1. The van der Waals surface area contributed by atoms with Gasteiger partial charge in [0.05, 0.1) is 5.69 Å². The summed E-state index contributed by atoms with van der Waals surface area (Å²) in [7, 11) is 0. The molecule has 0 aliphatic heterocycles. The summed E-state index contributed by atoms with van der Waals surface area (Å²) in [5.41, 5.74) is 7.41. The molecule has 0 amide bonds. The summed E-state index contributed by atoms with van der Waals surface area (Å²) in [6, 6.07) is 6.89. The predicted octanol–water partition coefficient (Wildman–Crippen LogP) is 2.22. The Labute approximate surface area is 106 Å². The minimum absolute atomic E-state index is 0.0666. The average molecular weight is 296 g/mol. The van der Waals surface area contributed by atoms with Crippen molar-refractivity contribution < 1.29 is 9.90 Å². The molecule has 17 heavy (non-hydrogen) atoms. The van der Waals surface area contributed by atoms with Crippen LogP contribution in [0.25, 0.3) is 5.69 Å². The Morgan fingerprint density at radius 3 is 2.71 bits per heavy atom. The lowest BCUT2D eigenvalue weighted by molar-refractivity contribution is 0.0690. The molecule has 1 aromatic heterocycles. The van der Waals surface area contributed by atoms with Crippen molar-refractivity contribution in [1.29, 1.82) is 0 Å². The molecule has 0 radical (unpaired) electrons. The van der Waals surface area contributed by atoms with Gasteiger partial charge < -0.3 is 10.8 Å². The van der Waals surface area contributed by atoms with Crippen molar-refractivity contribution in [1.82, 2.24) is 9.78 Å². The standard InChI is InChI=1S/C11H10BrN3O2/c1-6-4-7(2-3-8(6)12)15-10(13)5-9(14-15)11(16)17/h2-5H,13H2,1H3,(H,16,17). The zero-order chi connectivity index (χ0) is 12.6. The molecule has 0 atom stereocenters. The monoisotopic (exact) mass is 295 g/mol. The molecular weight excluding hydrogens is 286 g/mol. The van der Waals surface area contributed by atoms with E-state index in [9.17, 15) is 4.79 Å². The average Bonchev–Trinajstić information content (AvgIpc) is 2.65. The summed E-state index contributed by atoms with van der Waals surface area (Å²) in [5.74, 6) is -0.798. The molecule has 1 heterocycles. The number of nitrogens with two attached hydrogens (primary N) is 1. The SMILES string of the molecule is Cc1cc(-n2nc(C(=O)O)cc2N)ccc1Br. The first-order valence-corrected chi connectivity index (χ1v) is 5.63. The minimum Gasteiger partial charge on any atom is -0.476 e. The van der Waals surface area contributed by atoms with E-state index < -0.39 is 5.97 Å². The molecule has 5 nitrogen and oxygen atoms in total. The second-order valence-corrected chi connectivity index (χ2v) is 4.46. The fourth-order valence-corrected chi connectivity index (χ4v) is 1.71. The van der Waals surface area contributed by atoms with Crippen LogP contribution in [0.15, 0.2) is 28.7 Å². The van der Waals surface area contributed by atoms with Crippen molar-refractivity contribution in [2.24, 2.45) is 0 Å². The summed E-state index contributed by atoms with van der Waals surface area (Å²) in [6.07, 6.45) is 0. The number of hydrogen-bond donors (Lipinski definition) is 2. The number of aromatic carboxylic acids is 1. The molecule has 0 aliphatic carbocycles. The van der Waals surface area contributed by atoms with Crippen LogP contribution in [-0.4, -0.2) is 20.9 Å². The molecule has 0 unspecified atom stereocenters. The first kappa shape index (κ1) is 11.7. The highest BCUT2D eigenvalue weighted by Gasteiger charge is 2.12. The third-order valence-electron chi connectivity index (χ3n) is 2.34. The van der Waals surface area contributed by atoms with E-state index in [-0.39, 0.29) is 5.69 Å². The molecule has 0 bridgehead atoms. The molecule has 0 saturated heterocycles. The molecule has 0 aliphatic rings. The van der Waals surface area contributed by atoms with Gasteiger partial charge in [0.2, 0.25) is 0 Å². The van der Waals surface area contributed by atoms with Crippen molar-refractivity contribution in [2.45, 2.75) is 6.92 Å². The van der Waals surface area contributed by atoms with Gasteiger partial charge in [-0.1, -0.05) is 15.9 Å². The maximum absolute atomic E-state index is 10.8. The topological polar surface area (TPSA) is 81.1 Å². The van der Waals surface area contributed by atoms with Gasteiger partial charge in [-0.3, -0.25) is 0 Å². The number of aromatic nitrogens is 2. The van der Waals surface area contributed by atoms with Gasteiger partial charge in [0, 0.05) is 10.5 Å². The van der Waals surface area contributed by atoms with Gasteiger partial charge in [0.1, 0.15) is 5.82 Å². The van der Waals surface area contributed by atoms with Crippen molar-refractivity contribution in [3.05, 3.63) is 40.0 Å². The Morgan fingerprint density at radius 2 is 2.18 bits per heavy atom. The van der Waals surface area contributed by atoms with Crippen molar-refractivity contribution in [3.63, 3.8) is 0 Å². The number of rotatable bonds is 2. The van der Waals surface area contributed by atoms with E-state index in [1.54, 1.807) is 0 Å². The summed E-state index contributed by atoms with van der Waals surface area (Å²) >= 11 is 3.39. The maximum atomic E-state index is 10.8. The van der Waals surface area contributed by atoms with Crippen LogP contribution >= 0.6 is 15.9 Å². The van der Waals surface area contributed by atoms with Gasteiger partial charge in [-0.05, 0) is 30.7 Å². The van der Waals surface area contributed by atoms with Gasteiger partial charge in [-0.25, -0.2) is 9.48 Å². The van der Waals surface area contributed by atoms with Gasteiger partial charge in [0.25, 0.3) is 0 Å². The largest absolute Gasteiger partial charge is 0.476 e. The number of nitrogen functional groups attached to an aromatic ring is 1. The smallest absolute Gasteiger partial charge is 0.356 e. The number of halogens is 1. The fourth-order valence-electron chi connectivity index (χ4n) is 1.47. The lowest BCUT2D eigenvalue weighted by atomic mass is 10.2. The summed E-state index contributed by atoms with van der Waals surface area (Å²) in [6.45, 7) is 1.94. The highest BCUT2D eigenvalue weighted by Crippen LogP contribution is 2.21. The zero-order valence-electron chi connectivity index (χ0n) is 9.01. The summed E-state index contributed by atoms with van der Waals surface area (Å²) in [4.78, 5) is 10.8. The van der Waals surface area contributed by atoms with Gasteiger partial charge in [0.15, 0.2) is 5.69 Å². The Kier molecular flexibility index (Phi) is 2.89. The van der Waals surface area contributed by atoms with Crippen molar-refractivity contribution in [3.8, 4) is 5.69 Å². The van der Waals surface area contributed by atoms with E-state index in [4.69, 9.17) is 10.8 Å². The number of hydrogen-bond acceptors (Lipinski definition) is 3. The third kappa shape index (κ3) is 2.16. The van der Waals surface area contributed by atoms with Crippen LogP contribution in [0.1, 0.15) is 16.1 Å². The highest BCUT2D eigenvalue weighted by atomic mass is 79.9. The normalized spacial score (nSPS) is 10.5. The number of carboxylic acid groups (broad SMARTS) is 1. The molecule has 3 N–H and O–H groups in total. The van der Waals surface area contributed by atoms with Gasteiger partial charge in [-0.2, -0.15) is 5.10 Å². The number of carbonyl (C=O) groups is 1. The first-order valence-electron chi connectivity index (χ1n) is 4.84. The quantitative estimate of drug-likeness (QED) is 0.890. The Hall–Kier alpha value is -1.82. The Balaban J connectivity index is 2.52. The molecule has 1 aromatic carbocycles. The maximum Gasteiger partial charge on any atom is 0.356 e. The Morgan fingerprint density at radius 1 is 1.47 bits per heavy atom. The van der Waals surface area contributed by atoms with Crippen molar-refractivity contribution >= 4 is 27.7 Å². The van der Waals surface area contributed by atoms with E-state index >= 15 is 0 Å². The predicted molar refractivity (Wildman–Crippen MR) is 67.4 cm³/mol. The fraction of sp³-hybridized carbons (Fsp3) is 0.0909. The number of nitrogens with zero attached hydrogens (tertiary/aromatic N) is 2. The zero-order valence-corrected chi connectivity index (χ0v) is 10.6. The van der Waals surface area contributed by atoms with E-state index in [1.165, 1.54) is 10.7 Å². The number of aryl methyl sites for hydroxylation is 1. The van der Waals surface area contributed by atoms with E-state index in [0.717, 1.165) is 15.7 Å². The second-order valence-electron chi connectivity index (χ2n) is 3.60. The van der Waals surface area contributed by atoms with Gasteiger partial charge >= 0.3 is 5.97 Å². The van der Waals surface area contributed by atoms with Crippen LogP contribution in [0.2, 0.25) is 0 Å². The molecule has 2 aromatic rings. The molecule has 0 fully saturated rings. The van der Waals surface area contributed by atoms with Crippen molar-refractivity contribution in [2.75, 3.05) is 5.73 Å². The van der Waals surface area contributed by atoms with Crippen LogP contribution in [0.3, 0.4) is 0 Å². The lowest BCUT2D eigenvalue weighted by Gasteiger charge is -2.05.